The zero-order chi connectivity index (χ0) is 6.08. The lowest BCUT2D eigenvalue weighted by molar-refractivity contribution is 0.487. The summed E-state index contributed by atoms with van der Waals surface area (Å²) < 4.78 is 0. The van der Waals surface area contributed by atoms with Crippen LogP contribution in [0.3, 0.4) is 0 Å². The van der Waals surface area contributed by atoms with Crippen molar-refractivity contribution in [1.29, 1.82) is 0 Å². The van der Waals surface area contributed by atoms with Gasteiger partial charge in [0.05, 0.1) is 4.87 Å². The van der Waals surface area contributed by atoms with Gasteiger partial charge in [0.25, 0.3) is 0 Å². The number of hydrogen-bond acceptors (Lipinski definition) is 2. The number of hydrogen-bond donors (Lipinski definition) is 2. The van der Waals surface area contributed by atoms with Crippen LogP contribution in [0.5, 0.6) is 0 Å². The fourth-order valence-corrected chi connectivity index (χ4v) is 0. The average Bonchev–Trinajstić information content (AvgIpc) is 1.31. The highest BCUT2D eigenvalue weighted by molar-refractivity contribution is 7.81. The number of rotatable bonds is 1. The Kier molecular flexibility index (Phi) is 2.14. The van der Waals surface area contributed by atoms with Crippen LogP contribution in [-0.4, -0.2) is 4.87 Å². The molecule has 0 saturated carbocycles. The van der Waals surface area contributed by atoms with Crippen LogP contribution in [0.4, 0.5) is 0 Å². The molecule has 0 fully saturated rings. The summed E-state index contributed by atoms with van der Waals surface area (Å²) in [6.07, 6.45) is 0. The van der Waals surface area contributed by atoms with Gasteiger partial charge in [-0.1, -0.05) is 13.8 Å². The van der Waals surface area contributed by atoms with Gasteiger partial charge in [0.15, 0.2) is 0 Å². The normalized spacial score (nSPS) is 19.7. The summed E-state index contributed by atoms with van der Waals surface area (Å²) >= 11 is 4.13. The highest BCUT2D eigenvalue weighted by atomic mass is 32.1. The second-order valence-electron chi connectivity index (χ2n) is 2.38. The molecule has 1 atom stereocenters. The largest absolute Gasteiger partial charge is 0.317 e. The zero-order valence-electron chi connectivity index (χ0n) is 5.10. The van der Waals surface area contributed by atoms with E-state index in [1.54, 1.807) is 0 Å². The van der Waals surface area contributed by atoms with Gasteiger partial charge >= 0.3 is 0 Å². The SMILES string of the molecule is CC(C)C(C)(N)S. The van der Waals surface area contributed by atoms with E-state index in [0.29, 0.717) is 5.92 Å². The summed E-state index contributed by atoms with van der Waals surface area (Å²) in [5.74, 6) is 0.441. The Balaban J connectivity index is 3.54. The third kappa shape index (κ3) is 2.94. The van der Waals surface area contributed by atoms with E-state index < -0.39 is 0 Å². The lowest BCUT2D eigenvalue weighted by atomic mass is 10.1. The molecule has 0 aromatic heterocycles. The molecule has 0 spiro atoms. The van der Waals surface area contributed by atoms with E-state index in [9.17, 15) is 0 Å². The van der Waals surface area contributed by atoms with Gasteiger partial charge in [-0.2, -0.15) is 12.6 Å². The first kappa shape index (κ1) is 7.31. The summed E-state index contributed by atoms with van der Waals surface area (Å²) in [6, 6.07) is 0. The van der Waals surface area contributed by atoms with Crippen molar-refractivity contribution in [2.75, 3.05) is 0 Å². The standard InChI is InChI=1S/C5H13NS/c1-4(2)5(3,6)7/h4,7H,6H2,1-3H3. The molecular formula is C5H13NS. The molecule has 0 amide bonds. The van der Waals surface area contributed by atoms with E-state index in [1.807, 2.05) is 20.8 Å². The summed E-state index contributed by atoms with van der Waals surface area (Å²) in [7, 11) is 0. The first-order valence-electron chi connectivity index (χ1n) is 2.46. The van der Waals surface area contributed by atoms with Gasteiger partial charge in [0, 0.05) is 0 Å². The van der Waals surface area contributed by atoms with Crippen molar-refractivity contribution in [3.63, 3.8) is 0 Å². The van der Waals surface area contributed by atoms with Crippen molar-refractivity contribution in [2.24, 2.45) is 11.7 Å². The Morgan fingerprint density at radius 1 is 1.57 bits per heavy atom. The molecule has 0 aliphatic heterocycles. The molecule has 0 aliphatic carbocycles. The third-order valence-electron chi connectivity index (χ3n) is 1.17. The Bertz CT molecular complexity index is 53.6. The molecule has 0 rings (SSSR count). The Morgan fingerprint density at radius 2 is 1.71 bits per heavy atom. The highest BCUT2D eigenvalue weighted by Crippen LogP contribution is 2.15. The van der Waals surface area contributed by atoms with Crippen LogP contribution in [-0.2, 0) is 0 Å². The maximum Gasteiger partial charge on any atom is 0.0585 e. The molecule has 0 radical (unpaired) electrons. The van der Waals surface area contributed by atoms with E-state index in [0.717, 1.165) is 0 Å². The molecule has 0 aromatic carbocycles. The van der Waals surface area contributed by atoms with Gasteiger partial charge in [0.2, 0.25) is 0 Å². The lowest BCUT2D eigenvalue weighted by Gasteiger charge is -2.21. The van der Waals surface area contributed by atoms with Crippen molar-refractivity contribution >= 4 is 12.6 Å². The topological polar surface area (TPSA) is 26.0 Å². The third-order valence-corrected chi connectivity index (χ3v) is 1.69. The first-order chi connectivity index (χ1) is 2.94. The van der Waals surface area contributed by atoms with E-state index >= 15 is 0 Å². The molecule has 1 nitrogen and oxygen atoms in total. The van der Waals surface area contributed by atoms with Gasteiger partial charge in [-0.15, -0.1) is 0 Å². The minimum absolute atomic E-state index is 0.306. The zero-order valence-corrected chi connectivity index (χ0v) is 6.00. The fourth-order valence-electron chi connectivity index (χ4n) is 0. The Hall–Kier alpha value is 0.310. The minimum Gasteiger partial charge on any atom is -0.317 e. The van der Waals surface area contributed by atoms with E-state index in [1.165, 1.54) is 0 Å². The van der Waals surface area contributed by atoms with Gasteiger partial charge in [-0.25, -0.2) is 0 Å². The minimum atomic E-state index is -0.306. The maximum atomic E-state index is 5.54. The average molecular weight is 119 g/mol. The van der Waals surface area contributed by atoms with Crippen molar-refractivity contribution < 1.29 is 0 Å². The molecule has 2 heteroatoms. The van der Waals surface area contributed by atoms with Gasteiger partial charge in [-0.3, -0.25) is 0 Å². The van der Waals surface area contributed by atoms with Crippen LogP contribution in [0.15, 0.2) is 0 Å². The number of thiol groups is 1. The Labute approximate surface area is 50.7 Å². The van der Waals surface area contributed by atoms with Gasteiger partial charge < -0.3 is 5.73 Å². The van der Waals surface area contributed by atoms with Crippen LogP contribution < -0.4 is 5.73 Å². The summed E-state index contributed by atoms with van der Waals surface area (Å²) in [5, 5.41) is 0. The van der Waals surface area contributed by atoms with Crippen molar-refractivity contribution in [2.45, 2.75) is 25.6 Å². The molecule has 0 heterocycles. The first-order valence-corrected chi connectivity index (χ1v) is 2.90. The van der Waals surface area contributed by atoms with E-state index in [4.69, 9.17) is 5.73 Å². The van der Waals surface area contributed by atoms with Crippen molar-refractivity contribution in [3.8, 4) is 0 Å². The van der Waals surface area contributed by atoms with E-state index in [-0.39, 0.29) is 4.87 Å². The molecule has 0 bridgehead atoms. The van der Waals surface area contributed by atoms with E-state index in [2.05, 4.69) is 12.6 Å². The quantitative estimate of drug-likeness (QED) is 0.394. The molecule has 0 aliphatic rings. The Morgan fingerprint density at radius 3 is 1.71 bits per heavy atom. The molecule has 7 heavy (non-hydrogen) atoms. The maximum absolute atomic E-state index is 5.54. The lowest BCUT2D eigenvalue weighted by Crippen LogP contribution is -2.34. The number of nitrogens with two attached hydrogens (primary N) is 1. The predicted molar refractivity (Wildman–Crippen MR) is 36.4 cm³/mol. The fraction of sp³-hybridized carbons (Fsp3) is 1.00. The molecule has 0 aromatic rings. The molecular weight excluding hydrogens is 106 g/mol. The van der Waals surface area contributed by atoms with Crippen LogP contribution in [0.2, 0.25) is 0 Å². The van der Waals surface area contributed by atoms with Crippen molar-refractivity contribution in [1.82, 2.24) is 0 Å². The summed E-state index contributed by atoms with van der Waals surface area (Å²) in [4.78, 5) is -0.306. The van der Waals surface area contributed by atoms with Crippen molar-refractivity contribution in [3.05, 3.63) is 0 Å². The second kappa shape index (κ2) is 2.05. The molecule has 44 valence electrons. The monoisotopic (exact) mass is 119 g/mol. The smallest absolute Gasteiger partial charge is 0.0585 e. The van der Waals surface area contributed by atoms with Gasteiger partial charge in [-0.05, 0) is 12.8 Å². The summed E-state index contributed by atoms with van der Waals surface area (Å²) in [5.41, 5.74) is 5.54. The molecule has 2 N–H and O–H groups in total. The van der Waals surface area contributed by atoms with Gasteiger partial charge in [0.1, 0.15) is 0 Å². The van der Waals surface area contributed by atoms with Crippen LogP contribution in [0.1, 0.15) is 20.8 Å². The second-order valence-corrected chi connectivity index (χ2v) is 3.34. The summed E-state index contributed by atoms with van der Waals surface area (Å²) in [6.45, 7) is 6.00. The van der Waals surface area contributed by atoms with Crippen LogP contribution in [0.25, 0.3) is 0 Å². The molecule has 0 saturated heterocycles. The highest BCUT2D eigenvalue weighted by Gasteiger charge is 2.15. The van der Waals surface area contributed by atoms with Crippen LogP contribution in [0, 0.1) is 5.92 Å². The molecule has 1 unspecified atom stereocenters. The van der Waals surface area contributed by atoms with Crippen LogP contribution >= 0.6 is 12.6 Å². The predicted octanol–water partition coefficient (Wildman–Crippen LogP) is 1.25.